The normalized spacial score (nSPS) is 26.7. The van der Waals surface area contributed by atoms with Gasteiger partial charge in [-0.1, -0.05) is 69.3 Å². The van der Waals surface area contributed by atoms with Crippen molar-refractivity contribution < 1.29 is 39.3 Å². The van der Waals surface area contributed by atoms with Gasteiger partial charge in [0.15, 0.2) is 0 Å². The summed E-state index contributed by atoms with van der Waals surface area (Å²) in [5, 5.41) is 38.8. The van der Waals surface area contributed by atoms with Crippen molar-refractivity contribution in [2.24, 2.45) is 29.1 Å². The summed E-state index contributed by atoms with van der Waals surface area (Å²) < 4.78 is 6.03. The van der Waals surface area contributed by atoms with E-state index in [0.717, 1.165) is 12.0 Å². The molecular weight excluding hydrogens is 700 g/mol. The Labute approximate surface area is 323 Å². The van der Waals surface area contributed by atoms with Crippen LogP contribution in [0.3, 0.4) is 0 Å². The van der Waals surface area contributed by atoms with Crippen LogP contribution in [0, 0.1) is 29.1 Å². The molecule has 2 amide bonds. The number of hydrogen-bond donors (Lipinski definition) is 5. The number of nitrogens with one attached hydrogen (secondary N) is 2. The minimum atomic E-state index is -1.14. The number of nitrogens with zero attached hydrogens (tertiary/aromatic N) is 2. The number of carbonyl (C=O) groups is 3. The van der Waals surface area contributed by atoms with Crippen molar-refractivity contribution in [2.45, 2.75) is 83.8 Å². The van der Waals surface area contributed by atoms with Crippen molar-refractivity contribution in [1.29, 1.82) is 0 Å². The van der Waals surface area contributed by atoms with Crippen molar-refractivity contribution in [3.05, 3.63) is 83.4 Å². The molecule has 3 aliphatic carbocycles. The second-order valence-corrected chi connectivity index (χ2v) is 16.4. The Morgan fingerprint density at radius 3 is 2.38 bits per heavy atom. The zero-order chi connectivity index (χ0) is 39.8. The molecule has 1 heterocycles. The molecule has 12 nitrogen and oxygen atoms in total. The van der Waals surface area contributed by atoms with E-state index in [-0.39, 0.29) is 42.5 Å². The number of anilines is 1. The van der Waals surface area contributed by atoms with E-state index in [4.69, 9.17) is 9.57 Å². The quantitative estimate of drug-likeness (QED) is 0.158. The lowest BCUT2D eigenvalue weighted by molar-refractivity contribution is -0.183. The van der Waals surface area contributed by atoms with Gasteiger partial charge >= 0.3 is 5.97 Å². The van der Waals surface area contributed by atoms with Crippen molar-refractivity contribution in [3.63, 3.8) is 0 Å². The SMILES string of the molecule is COc1c(CN2O[C@@H](CO)[C@@H]([C@H](C)O)[C@H]2C(=O)N[C@H]2C[C@H]3C[C@@H]([C@@H]2C)C3(C)C)cccc1-c1cc(C(=O)N[C@H](Cc2ccccc2)C(=O)O)cc(N(C)C)c1. The van der Waals surface area contributed by atoms with Gasteiger partial charge in [0.05, 0.1) is 26.4 Å². The number of carbonyl (C=O) groups excluding carboxylic acids is 2. The molecule has 12 heteroatoms. The number of benzene rings is 3. The van der Waals surface area contributed by atoms with Gasteiger partial charge in [-0.05, 0) is 72.3 Å². The summed E-state index contributed by atoms with van der Waals surface area (Å²) in [5.74, 6) is -0.722. The van der Waals surface area contributed by atoms with E-state index in [9.17, 15) is 29.7 Å². The fourth-order valence-electron chi connectivity index (χ4n) is 9.28. The van der Waals surface area contributed by atoms with Gasteiger partial charge in [0.25, 0.3) is 5.91 Å². The number of methoxy groups -OCH3 is 1. The predicted octanol–water partition coefficient (Wildman–Crippen LogP) is 4.51. The molecule has 5 N–H and O–H groups in total. The molecule has 0 unspecified atom stereocenters. The van der Waals surface area contributed by atoms with Gasteiger partial charge in [0, 0.05) is 54.9 Å². The lowest BCUT2D eigenvalue weighted by Crippen LogP contribution is -2.62. The summed E-state index contributed by atoms with van der Waals surface area (Å²) in [6, 6.07) is 18.1. The summed E-state index contributed by atoms with van der Waals surface area (Å²) in [7, 11) is 5.26. The summed E-state index contributed by atoms with van der Waals surface area (Å²) in [4.78, 5) is 48.3. The van der Waals surface area contributed by atoms with Gasteiger partial charge in [0.2, 0.25) is 5.91 Å². The van der Waals surface area contributed by atoms with E-state index in [1.54, 1.807) is 31.2 Å². The standard InChI is InChI=1S/C43H56N4O8/c1-24-33-20-30(43(33,3)4)21-34(24)44-41(51)38-37(25(2)49)36(23-48)55-47(38)22-27-14-11-15-32(39(27)54-7)28-17-29(19-31(18-28)46(5)6)40(50)45-35(42(52)53)16-26-12-9-8-10-13-26/h8-15,17-19,24-25,30,33-38,48-49H,16,20-23H2,1-7H3,(H,44,51)(H,45,50)(H,52,53)/t24-,25-,30+,33-,34-,35+,36-,37+,38-/m0/s1. The molecule has 1 saturated heterocycles. The van der Waals surface area contributed by atoms with Crippen LogP contribution in [-0.4, -0.2) is 96.3 Å². The van der Waals surface area contributed by atoms with Crippen molar-refractivity contribution in [1.82, 2.24) is 15.7 Å². The molecule has 2 bridgehead atoms. The number of amides is 2. The van der Waals surface area contributed by atoms with Crippen LogP contribution < -0.4 is 20.3 Å². The van der Waals surface area contributed by atoms with E-state index in [2.05, 4.69) is 31.4 Å². The monoisotopic (exact) mass is 756 g/mol. The molecule has 296 valence electrons. The first kappa shape index (κ1) is 40.2. The third-order valence-corrected chi connectivity index (χ3v) is 12.6. The Bertz CT molecular complexity index is 1870. The number of carboxylic acids is 1. The summed E-state index contributed by atoms with van der Waals surface area (Å²) in [6.45, 7) is 8.20. The molecule has 55 heavy (non-hydrogen) atoms. The van der Waals surface area contributed by atoms with E-state index in [1.807, 2.05) is 73.6 Å². The minimum absolute atomic E-state index is 0.00583. The maximum absolute atomic E-state index is 14.2. The largest absolute Gasteiger partial charge is 0.496 e. The number of ether oxygens (including phenoxy) is 1. The lowest BCUT2D eigenvalue weighted by atomic mass is 9.45. The Kier molecular flexibility index (Phi) is 11.9. The number of para-hydroxylation sites is 1. The van der Waals surface area contributed by atoms with Gasteiger partial charge in [-0.2, -0.15) is 5.06 Å². The van der Waals surface area contributed by atoms with Crippen molar-refractivity contribution >= 4 is 23.5 Å². The third-order valence-electron chi connectivity index (χ3n) is 12.6. The van der Waals surface area contributed by atoms with Gasteiger partial charge in [-0.3, -0.25) is 14.4 Å². The highest BCUT2D eigenvalue weighted by Crippen LogP contribution is 2.61. The average Bonchev–Trinajstić information content (AvgIpc) is 3.53. The van der Waals surface area contributed by atoms with Gasteiger partial charge in [-0.25, -0.2) is 4.79 Å². The summed E-state index contributed by atoms with van der Waals surface area (Å²) >= 11 is 0. The third kappa shape index (κ3) is 8.09. The molecule has 4 fully saturated rings. The number of hydrogen-bond acceptors (Lipinski definition) is 9. The topological polar surface area (TPSA) is 161 Å². The fourth-order valence-corrected chi connectivity index (χ4v) is 9.28. The Hall–Kier alpha value is -4.49. The maximum Gasteiger partial charge on any atom is 0.326 e. The minimum Gasteiger partial charge on any atom is -0.496 e. The first-order chi connectivity index (χ1) is 26.1. The Morgan fingerprint density at radius 1 is 1.05 bits per heavy atom. The number of aliphatic hydroxyl groups is 2. The molecule has 3 saturated carbocycles. The predicted molar refractivity (Wildman–Crippen MR) is 209 cm³/mol. The molecule has 0 spiro atoms. The Balaban J connectivity index is 1.29. The van der Waals surface area contributed by atoms with Gasteiger partial charge in [-0.15, -0.1) is 0 Å². The Morgan fingerprint density at radius 2 is 1.78 bits per heavy atom. The molecule has 0 aromatic heterocycles. The molecular formula is C43H56N4O8. The van der Waals surface area contributed by atoms with Crippen molar-refractivity contribution in [2.75, 3.05) is 32.7 Å². The van der Waals surface area contributed by atoms with Crippen LogP contribution >= 0.6 is 0 Å². The first-order valence-corrected chi connectivity index (χ1v) is 19.2. The smallest absolute Gasteiger partial charge is 0.326 e. The van der Waals surface area contributed by atoms with Crippen LogP contribution in [0.1, 0.15) is 62.0 Å². The highest BCUT2D eigenvalue weighted by molar-refractivity contribution is 5.99. The summed E-state index contributed by atoms with van der Waals surface area (Å²) in [5.41, 5.74) is 4.05. The van der Waals surface area contributed by atoms with Crippen molar-refractivity contribution in [3.8, 4) is 16.9 Å². The second-order valence-electron chi connectivity index (χ2n) is 16.4. The van der Waals surface area contributed by atoms with E-state index in [1.165, 1.54) is 6.42 Å². The molecule has 9 atom stereocenters. The van der Waals surface area contributed by atoms with Crippen LogP contribution in [0.15, 0.2) is 66.7 Å². The van der Waals surface area contributed by atoms with E-state index < -0.39 is 42.1 Å². The van der Waals surface area contributed by atoms with E-state index >= 15 is 0 Å². The maximum atomic E-state index is 14.2. The number of aliphatic hydroxyl groups excluding tert-OH is 2. The zero-order valence-electron chi connectivity index (χ0n) is 32.9. The van der Waals surface area contributed by atoms with Gasteiger partial charge in [0.1, 0.15) is 23.9 Å². The number of carboxylic acid groups (broad SMARTS) is 1. The number of hydroxylamine groups is 2. The summed E-state index contributed by atoms with van der Waals surface area (Å²) in [6.07, 6.45) is 0.475. The van der Waals surface area contributed by atoms with Crippen LogP contribution in [-0.2, 0) is 27.4 Å². The molecule has 1 aliphatic heterocycles. The zero-order valence-corrected chi connectivity index (χ0v) is 32.9. The van der Waals surface area contributed by atoms with Crippen LogP contribution in [0.5, 0.6) is 5.75 Å². The number of rotatable bonds is 14. The fraction of sp³-hybridized carbons (Fsp3) is 0.512. The average molecular weight is 757 g/mol. The second kappa shape index (κ2) is 16.3. The molecule has 3 aromatic rings. The molecule has 3 aromatic carbocycles. The van der Waals surface area contributed by atoms with Crippen LogP contribution in [0.25, 0.3) is 11.1 Å². The lowest BCUT2D eigenvalue weighted by Gasteiger charge is -2.62. The molecule has 4 aliphatic rings. The highest BCUT2D eigenvalue weighted by Gasteiger charge is 2.57. The molecule has 0 radical (unpaired) electrons. The van der Waals surface area contributed by atoms with Crippen LogP contribution in [0.4, 0.5) is 5.69 Å². The van der Waals surface area contributed by atoms with Crippen LogP contribution in [0.2, 0.25) is 0 Å². The number of fused-ring (bicyclic) bond motifs is 2. The first-order valence-electron chi connectivity index (χ1n) is 19.2. The number of aliphatic carboxylic acids is 1. The van der Waals surface area contributed by atoms with Gasteiger partial charge < -0.3 is 35.6 Å². The highest BCUT2D eigenvalue weighted by atomic mass is 16.7. The molecule has 7 rings (SSSR count). The van der Waals surface area contributed by atoms with E-state index in [0.29, 0.717) is 45.9 Å².